The van der Waals surface area contributed by atoms with Gasteiger partial charge in [0, 0.05) is 5.56 Å². The lowest BCUT2D eigenvalue weighted by Gasteiger charge is -2.07. The summed E-state index contributed by atoms with van der Waals surface area (Å²) >= 11 is 12.0. The predicted molar refractivity (Wildman–Crippen MR) is 105 cm³/mol. The molecule has 2 aromatic heterocycles. The van der Waals surface area contributed by atoms with Gasteiger partial charge in [-0.25, -0.2) is 19.3 Å². The van der Waals surface area contributed by atoms with Gasteiger partial charge in [-0.15, -0.1) is 0 Å². The summed E-state index contributed by atoms with van der Waals surface area (Å²) in [6, 6.07) is 10.8. The van der Waals surface area contributed by atoms with Crippen LogP contribution in [-0.2, 0) is 0 Å². The van der Waals surface area contributed by atoms with Crippen molar-refractivity contribution < 1.29 is 9.90 Å². The standard InChI is InChI=1S/C18H11Cl2N5O3/c19-11-5-4-9(7-12(11)20)25-17-14(23-18(25)28)13(15(21)27)22-16(24-17)8-2-1-3-10(26)6-8/h1-7,26H,(H2,21,27)(H,23,28). The van der Waals surface area contributed by atoms with Crippen molar-refractivity contribution in [2.75, 3.05) is 0 Å². The molecule has 1 amide bonds. The first kappa shape index (κ1) is 18.0. The number of amides is 1. The van der Waals surface area contributed by atoms with Crippen LogP contribution in [0.5, 0.6) is 5.75 Å². The van der Waals surface area contributed by atoms with E-state index < -0.39 is 11.6 Å². The molecule has 2 aromatic carbocycles. The smallest absolute Gasteiger partial charge is 0.332 e. The van der Waals surface area contributed by atoms with Crippen LogP contribution in [0.1, 0.15) is 10.5 Å². The lowest BCUT2D eigenvalue weighted by molar-refractivity contribution is 0.0997. The second-order valence-electron chi connectivity index (χ2n) is 5.87. The van der Waals surface area contributed by atoms with Crippen LogP contribution in [0.4, 0.5) is 0 Å². The molecule has 28 heavy (non-hydrogen) atoms. The molecular weight excluding hydrogens is 405 g/mol. The van der Waals surface area contributed by atoms with Crippen LogP contribution in [0.3, 0.4) is 0 Å². The zero-order valence-corrected chi connectivity index (χ0v) is 15.5. The summed E-state index contributed by atoms with van der Waals surface area (Å²) in [4.78, 5) is 35.6. The first-order valence-electron chi connectivity index (χ1n) is 7.92. The number of aromatic nitrogens is 4. The lowest BCUT2D eigenvalue weighted by Crippen LogP contribution is -2.15. The topological polar surface area (TPSA) is 127 Å². The summed E-state index contributed by atoms with van der Waals surface area (Å²) in [5.41, 5.74) is 5.79. The number of H-pyrrole nitrogens is 1. The van der Waals surface area contributed by atoms with Gasteiger partial charge in [0.2, 0.25) is 0 Å². The van der Waals surface area contributed by atoms with Crippen LogP contribution >= 0.6 is 23.2 Å². The number of halogens is 2. The van der Waals surface area contributed by atoms with Crippen molar-refractivity contribution in [3.8, 4) is 22.8 Å². The van der Waals surface area contributed by atoms with Gasteiger partial charge >= 0.3 is 5.69 Å². The Balaban J connectivity index is 2.07. The molecule has 0 aliphatic heterocycles. The molecule has 10 heteroatoms. The summed E-state index contributed by atoms with van der Waals surface area (Å²) in [6.45, 7) is 0. The van der Waals surface area contributed by atoms with Gasteiger partial charge < -0.3 is 15.8 Å². The molecule has 4 aromatic rings. The maximum Gasteiger partial charge on any atom is 0.332 e. The van der Waals surface area contributed by atoms with Crippen molar-refractivity contribution >= 4 is 40.3 Å². The van der Waals surface area contributed by atoms with E-state index in [0.29, 0.717) is 16.3 Å². The van der Waals surface area contributed by atoms with Crippen molar-refractivity contribution in [3.05, 3.63) is 68.7 Å². The number of benzene rings is 2. The van der Waals surface area contributed by atoms with Crippen molar-refractivity contribution in [1.82, 2.24) is 19.5 Å². The van der Waals surface area contributed by atoms with Gasteiger partial charge in [0.15, 0.2) is 17.2 Å². The van der Waals surface area contributed by atoms with Crippen molar-refractivity contribution in [2.45, 2.75) is 0 Å². The number of nitrogens with one attached hydrogen (secondary N) is 1. The highest BCUT2D eigenvalue weighted by Gasteiger charge is 2.20. The highest BCUT2D eigenvalue weighted by atomic mass is 35.5. The average molecular weight is 416 g/mol. The fourth-order valence-electron chi connectivity index (χ4n) is 2.80. The molecule has 0 aliphatic carbocycles. The zero-order chi connectivity index (χ0) is 20.0. The van der Waals surface area contributed by atoms with Gasteiger partial charge in [0.05, 0.1) is 15.7 Å². The fraction of sp³-hybridized carbons (Fsp3) is 0. The quantitative estimate of drug-likeness (QED) is 0.473. The molecule has 4 rings (SSSR count). The predicted octanol–water partition coefficient (Wildman–Crippen LogP) is 2.89. The molecule has 2 heterocycles. The maximum absolute atomic E-state index is 12.6. The van der Waals surface area contributed by atoms with Crippen molar-refractivity contribution in [3.63, 3.8) is 0 Å². The second-order valence-corrected chi connectivity index (χ2v) is 6.69. The molecule has 0 bridgehead atoms. The molecule has 0 radical (unpaired) electrons. The van der Waals surface area contributed by atoms with Gasteiger partial charge in [-0.3, -0.25) is 4.79 Å². The molecular formula is C18H11Cl2N5O3. The Labute approximate surface area is 167 Å². The van der Waals surface area contributed by atoms with E-state index in [9.17, 15) is 14.7 Å². The number of aromatic hydroxyl groups is 1. The number of nitrogens with zero attached hydrogens (tertiary/aromatic N) is 3. The Morgan fingerprint density at radius 3 is 2.57 bits per heavy atom. The molecule has 4 N–H and O–H groups in total. The number of nitrogens with two attached hydrogens (primary N) is 1. The largest absolute Gasteiger partial charge is 0.508 e. The minimum Gasteiger partial charge on any atom is -0.508 e. The van der Waals surface area contributed by atoms with Crippen LogP contribution in [0.25, 0.3) is 28.2 Å². The second kappa shape index (κ2) is 6.66. The van der Waals surface area contributed by atoms with E-state index in [0.717, 1.165) is 0 Å². The minimum atomic E-state index is -0.837. The molecule has 0 aliphatic rings. The number of hydrogen-bond donors (Lipinski definition) is 3. The third-order valence-corrected chi connectivity index (χ3v) is 4.77. The molecule has 0 fully saturated rings. The number of phenols is 1. The minimum absolute atomic E-state index is 0.00207. The molecule has 0 atom stereocenters. The van der Waals surface area contributed by atoms with E-state index >= 15 is 0 Å². The van der Waals surface area contributed by atoms with Crippen molar-refractivity contribution in [2.24, 2.45) is 5.73 Å². The Hall–Kier alpha value is -3.36. The van der Waals surface area contributed by atoms with E-state index in [4.69, 9.17) is 28.9 Å². The Morgan fingerprint density at radius 2 is 1.89 bits per heavy atom. The molecule has 0 saturated heterocycles. The van der Waals surface area contributed by atoms with Gasteiger partial charge in [0.25, 0.3) is 5.91 Å². The molecule has 8 nitrogen and oxygen atoms in total. The number of phenolic OH excluding ortho intramolecular Hbond substituents is 1. The maximum atomic E-state index is 12.6. The third kappa shape index (κ3) is 2.98. The van der Waals surface area contributed by atoms with Crippen LogP contribution in [-0.4, -0.2) is 30.5 Å². The summed E-state index contributed by atoms with van der Waals surface area (Å²) in [5.74, 6) is -0.723. The third-order valence-electron chi connectivity index (χ3n) is 4.04. The molecule has 140 valence electrons. The molecule has 0 unspecified atom stereocenters. The summed E-state index contributed by atoms with van der Waals surface area (Å²) in [6.07, 6.45) is 0. The Bertz CT molecular complexity index is 1310. The van der Waals surface area contributed by atoms with Gasteiger partial charge in [-0.1, -0.05) is 35.3 Å². The fourth-order valence-corrected chi connectivity index (χ4v) is 3.09. The number of hydrogen-bond acceptors (Lipinski definition) is 5. The number of imidazole rings is 1. The Morgan fingerprint density at radius 1 is 1.11 bits per heavy atom. The summed E-state index contributed by atoms with van der Waals surface area (Å²) in [7, 11) is 0. The normalized spacial score (nSPS) is 11.1. The summed E-state index contributed by atoms with van der Waals surface area (Å²) < 4.78 is 1.23. The zero-order valence-electron chi connectivity index (χ0n) is 14.0. The van der Waals surface area contributed by atoms with Gasteiger partial charge in [0.1, 0.15) is 11.3 Å². The van der Waals surface area contributed by atoms with E-state index in [1.165, 1.54) is 28.8 Å². The molecule has 0 saturated carbocycles. The van der Waals surface area contributed by atoms with E-state index in [-0.39, 0.29) is 33.5 Å². The van der Waals surface area contributed by atoms with Crippen LogP contribution in [0.15, 0.2) is 47.3 Å². The Kier molecular flexibility index (Phi) is 4.29. The van der Waals surface area contributed by atoms with Crippen LogP contribution in [0, 0.1) is 0 Å². The monoisotopic (exact) mass is 415 g/mol. The highest BCUT2D eigenvalue weighted by molar-refractivity contribution is 6.42. The average Bonchev–Trinajstić information content (AvgIpc) is 2.98. The van der Waals surface area contributed by atoms with E-state index in [1.807, 2.05) is 0 Å². The van der Waals surface area contributed by atoms with Crippen molar-refractivity contribution in [1.29, 1.82) is 0 Å². The SMILES string of the molecule is NC(=O)c1nc(-c2cccc(O)c2)nc2c1[nH]c(=O)n2-c1ccc(Cl)c(Cl)c1. The number of primary amides is 1. The number of carbonyl (C=O) groups excluding carboxylic acids is 1. The number of rotatable bonds is 3. The first-order valence-corrected chi connectivity index (χ1v) is 8.68. The highest BCUT2D eigenvalue weighted by Crippen LogP contribution is 2.27. The number of aromatic amines is 1. The molecule has 0 spiro atoms. The van der Waals surface area contributed by atoms with E-state index in [1.54, 1.807) is 18.2 Å². The van der Waals surface area contributed by atoms with Gasteiger partial charge in [-0.05, 0) is 30.3 Å². The van der Waals surface area contributed by atoms with Crippen LogP contribution in [0.2, 0.25) is 10.0 Å². The summed E-state index contributed by atoms with van der Waals surface area (Å²) in [5, 5.41) is 10.3. The number of fused-ring (bicyclic) bond motifs is 1. The first-order chi connectivity index (χ1) is 13.3. The number of carbonyl (C=O) groups is 1. The van der Waals surface area contributed by atoms with Crippen LogP contribution < -0.4 is 11.4 Å². The van der Waals surface area contributed by atoms with Gasteiger partial charge in [-0.2, -0.15) is 0 Å². The van der Waals surface area contributed by atoms with E-state index in [2.05, 4.69) is 15.0 Å². The lowest BCUT2D eigenvalue weighted by atomic mass is 10.2.